The number of ether oxygens (including phenoxy) is 1. The average Bonchev–Trinajstić information content (AvgIpc) is 2.71. The number of carbonyl (C=O) groups excluding carboxylic acids is 3. The molecule has 0 spiro atoms. The second kappa shape index (κ2) is 10.5. The lowest BCUT2D eigenvalue weighted by Gasteiger charge is -2.14. The van der Waals surface area contributed by atoms with Crippen LogP contribution in [-0.2, 0) is 24.3 Å². The Bertz CT molecular complexity index is 1100. The number of amides is 1. The lowest BCUT2D eigenvalue weighted by molar-refractivity contribution is -0.144. The van der Waals surface area contributed by atoms with Crippen LogP contribution in [0.25, 0.3) is 0 Å². The van der Waals surface area contributed by atoms with Crippen LogP contribution in [0.15, 0.2) is 52.3 Å². The Morgan fingerprint density at radius 3 is 2.45 bits per heavy atom. The SMILES string of the molecule is CSc1ccc(C(=O)COC(=O)[C@H](C)NS(=O)(=O)c2ccccc2F)cc1NC(C)=O. The molecular formula is C20H21FN2O6S2. The third-order valence-electron chi connectivity index (χ3n) is 3.99. The van der Waals surface area contributed by atoms with E-state index in [1.807, 2.05) is 11.0 Å². The Morgan fingerprint density at radius 2 is 1.84 bits per heavy atom. The Balaban J connectivity index is 2.02. The number of halogens is 1. The molecule has 2 rings (SSSR count). The molecular weight excluding hydrogens is 447 g/mol. The summed E-state index contributed by atoms with van der Waals surface area (Å²) in [5, 5.41) is 2.62. The number of ketones is 1. The number of benzene rings is 2. The number of esters is 1. The standard InChI is InChI=1S/C20H21FN2O6S2/c1-12(23-31(27,28)19-7-5-4-6-15(19)21)20(26)29-11-17(25)14-8-9-18(30-3)16(10-14)22-13(2)24/h4-10,12,23H,11H2,1-3H3,(H,22,24)/t12-/m0/s1. The normalized spacial score (nSPS) is 12.1. The fourth-order valence-electron chi connectivity index (χ4n) is 2.52. The summed E-state index contributed by atoms with van der Waals surface area (Å²) >= 11 is 1.38. The van der Waals surface area contributed by atoms with Crippen LogP contribution in [0.1, 0.15) is 24.2 Å². The Morgan fingerprint density at radius 1 is 1.16 bits per heavy atom. The summed E-state index contributed by atoms with van der Waals surface area (Å²) in [6, 6.07) is 8.00. The summed E-state index contributed by atoms with van der Waals surface area (Å²) in [7, 11) is -4.30. The maximum absolute atomic E-state index is 13.7. The number of sulfonamides is 1. The number of rotatable bonds is 9. The molecule has 0 fully saturated rings. The third-order valence-corrected chi connectivity index (χ3v) is 6.36. The molecule has 8 nitrogen and oxygen atoms in total. The van der Waals surface area contributed by atoms with Crippen LogP contribution in [0.2, 0.25) is 0 Å². The van der Waals surface area contributed by atoms with Crippen molar-refractivity contribution in [2.75, 3.05) is 18.2 Å². The van der Waals surface area contributed by atoms with Gasteiger partial charge in [-0.15, -0.1) is 11.8 Å². The molecule has 0 bridgehead atoms. The maximum atomic E-state index is 13.7. The minimum atomic E-state index is -4.30. The highest BCUT2D eigenvalue weighted by molar-refractivity contribution is 7.98. The van der Waals surface area contributed by atoms with E-state index in [0.29, 0.717) is 5.69 Å². The molecule has 0 heterocycles. The lowest BCUT2D eigenvalue weighted by atomic mass is 10.1. The number of hydrogen-bond acceptors (Lipinski definition) is 7. The van der Waals surface area contributed by atoms with E-state index in [4.69, 9.17) is 4.74 Å². The minimum absolute atomic E-state index is 0.203. The van der Waals surface area contributed by atoms with Crippen molar-refractivity contribution in [1.29, 1.82) is 0 Å². The summed E-state index contributed by atoms with van der Waals surface area (Å²) in [6.45, 7) is 1.92. The zero-order valence-corrected chi connectivity index (χ0v) is 18.6. The minimum Gasteiger partial charge on any atom is -0.456 e. The van der Waals surface area contributed by atoms with E-state index in [9.17, 15) is 27.2 Å². The molecule has 0 radical (unpaired) electrons. The number of anilines is 1. The summed E-state index contributed by atoms with van der Waals surface area (Å²) < 4.78 is 45.2. The first-order valence-corrected chi connectivity index (χ1v) is 11.7. The Labute approximate surface area is 183 Å². The van der Waals surface area contributed by atoms with Crippen LogP contribution in [0, 0.1) is 5.82 Å². The second-order valence-electron chi connectivity index (χ2n) is 6.40. The van der Waals surface area contributed by atoms with Crippen molar-refractivity contribution in [3.05, 3.63) is 53.8 Å². The van der Waals surface area contributed by atoms with E-state index in [0.717, 1.165) is 17.0 Å². The summed E-state index contributed by atoms with van der Waals surface area (Å²) in [5.74, 6) is -2.82. The predicted molar refractivity (Wildman–Crippen MR) is 114 cm³/mol. The van der Waals surface area contributed by atoms with Crippen molar-refractivity contribution >= 4 is 45.1 Å². The van der Waals surface area contributed by atoms with Crippen molar-refractivity contribution in [2.24, 2.45) is 0 Å². The number of Topliss-reactive ketones (excluding diaryl/α,β-unsaturated/α-hetero) is 1. The molecule has 0 saturated carbocycles. The molecule has 0 unspecified atom stereocenters. The molecule has 2 N–H and O–H groups in total. The van der Waals surface area contributed by atoms with Crippen molar-refractivity contribution < 1.29 is 31.9 Å². The molecule has 0 aliphatic carbocycles. The van der Waals surface area contributed by atoms with E-state index in [1.54, 1.807) is 6.07 Å². The van der Waals surface area contributed by atoms with E-state index >= 15 is 0 Å². The van der Waals surface area contributed by atoms with Gasteiger partial charge in [0.1, 0.15) is 16.8 Å². The maximum Gasteiger partial charge on any atom is 0.324 e. The van der Waals surface area contributed by atoms with Gasteiger partial charge < -0.3 is 10.1 Å². The van der Waals surface area contributed by atoms with Gasteiger partial charge in [0.2, 0.25) is 15.9 Å². The van der Waals surface area contributed by atoms with Crippen LogP contribution in [0.5, 0.6) is 0 Å². The molecule has 11 heteroatoms. The molecule has 0 aromatic heterocycles. The quantitative estimate of drug-likeness (QED) is 0.330. The molecule has 0 aliphatic rings. The largest absolute Gasteiger partial charge is 0.456 e. The zero-order chi connectivity index (χ0) is 23.2. The number of nitrogens with one attached hydrogen (secondary N) is 2. The second-order valence-corrected chi connectivity index (χ2v) is 8.93. The van der Waals surface area contributed by atoms with Crippen LogP contribution < -0.4 is 10.0 Å². The number of hydrogen-bond donors (Lipinski definition) is 2. The van der Waals surface area contributed by atoms with E-state index in [2.05, 4.69) is 5.32 Å². The van der Waals surface area contributed by atoms with Gasteiger partial charge in [0.05, 0.1) is 5.69 Å². The highest BCUT2D eigenvalue weighted by Crippen LogP contribution is 2.26. The zero-order valence-electron chi connectivity index (χ0n) is 17.0. The first-order chi connectivity index (χ1) is 14.5. The monoisotopic (exact) mass is 468 g/mol. The fourth-order valence-corrected chi connectivity index (χ4v) is 4.33. The van der Waals surface area contributed by atoms with Gasteiger partial charge in [-0.05, 0) is 37.4 Å². The van der Waals surface area contributed by atoms with Crippen molar-refractivity contribution in [3.63, 3.8) is 0 Å². The summed E-state index contributed by atoms with van der Waals surface area (Å²) in [4.78, 5) is 36.0. The number of carbonyl (C=O) groups is 3. The van der Waals surface area contributed by atoms with Gasteiger partial charge in [-0.25, -0.2) is 12.8 Å². The summed E-state index contributed by atoms with van der Waals surface area (Å²) in [6.07, 6.45) is 1.81. The van der Waals surface area contributed by atoms with Crippen molar-refractivity contribution in [3.8, 4) is 0 Å². The molecule has 0 saturated heterocycles. The first-order valence-electron chi connectivity index (χ1n) is 8.97. The molecule has 166 valence electrons. The predicted octanol–water partition coefficient (Wildman–Crippen LogP) is 2.60. The highest BCUT2D eigenvalue weighted by atomic mass is 32.2. The molecule has 1 atom stereocenters. The topological polar surface area (TPSA) is 119 Å². The van der Waals surface area contributed by atoms with Gasteiger partial charge in [-0.1, -0.05) is 18.2 Å². The average molecular weight is 469 g/mol. The van der Waals surface area contributed by atoms with Crippen molar-refractivity contribution in [1.82, 2.24) is 4.72 Å². The molecule has 31 heavy (non-hydrogen) atoms. The molecule has 1 amide bonds. The molecule has 2 aromatic rings. The van der Waals surface area contributed by atoms with Gasteiger partial charge in [0.15, 0.2) is 12.4 Å². The van der Waals surface area contributed by atoms with E-state index < -0.39 is 45.1 Å². The van der Waals surface area contributed by atoms with Crippen molar-refractivity contribution in [2.45, 2.75) is 29.7 Å². The van der Waals surface area contributed by atoms with Gasteiger partial charge >= 0.3 is 5.97 Å². The number of thioether (sulfide) groups is 1. The van der Waals surface area contributed by atoms with Gasteiger partial charge in [-0.3, -0.25) is 14.4 Å². The molecule has 0 aliphatic heterocycles. The first kappa shape index (κ1) is 24.5. The summed E-state index contributed by atoms with van der Waals surface area (Å²) in [5.41, 5.74) is 0.650. The highest BCUT2D eigenvalue weighted by Gasteiger charge is 2.26. The van der Waals surface area contributed by atoms with Crippen LogP contribution in [0.4, 0.5) is 10.1 Å². The van der Waals surface area contributed by atoms with E-state index in [1.165, 1.54) is 49.9 Å². The third kappa shape index (κ3) is 6.61. The smallest absolute Gasteiger partial charge is 0.324 e. The van der Waals surface area contributed by atoms with Crippen LogP contribution in [-0.4, -0.2) is 45.0 Å². The van der Waals surface area contributed by atoms with Crippen LogP contribution >= 0.6 is 11.8 Å². The fraction of sp³-hybridized carbons (Fsp3) is 0.250. The Kier molecular flexibility index (Phi) is 8.31. The van der Waals surface area contributed by atoms with Crippen LogP contribution in [0.3, 0.4) is 0 Å². The van der Waals surface area contributed by atoms with E-state index in [-0.39, 0.29) is 11.5 Å². The lowest BCUT2D eigenvalue weighted by Crippen LogP contribution is -2.40. The molecule has 2 aromatic carbocycles. The van der Waals surface area contributed by atoms with Gasteiger partial charge in [0.25, 0.3) is 0 Å². The Hall–Kier alpha value is -2.76. The van der Waals surface area contributed by atoms with Gasteiger partial charge in [0, 0.05) is 17.4 Å². The van der Waals surface area contributed by atoms with Gasteiger partial charge in [-0.2, -0.15) is 4.72 Å².